The lowest BCUT2D eigenvalue weighted by Gasteiger charge is -2.29. The van der Waals surface area contributed by atoms with E-state index in [0.717, 1.165) is 35.5 Å². The lowest BCUT2D eigenvalue weighted by atomic mass is 9.87. The summed E-state index contributed by atoms with van der Waals surface area (Å²) in [6.07, 6.45) is 5.81. The maximum absolute atomic E-state index is 6.20. The summed E-state index contributed by atoms with van der Waals surface area (Å²) >= 11 is 6.20. The summed E-state index contributed by atoms with van der Waals surface area (Å²) in [7, 11) is 2.03. The molecule has 0 aromatic carbocycles. The quantitative estimate of drug-likeness (QED) is 0.793. The summed E-state index contributed by atoms with van der Waals surface area (Å²) < 4.78 is 4.37. The Balaban J connectivity index is 2.21. The van der Waals surface area contributed by atoms with Crippen LogP contribution in [0.1, 0.15) is 64.0 Å². The van der Waals surface area contributed by atoms with Gasteiger partial charge >= 0.3 is 0 Å². The Kier molecular flexibility index (Phi) is 3.76. The first kappa shape index (κ1) is 14.9. The molecule has 21 heavy (non-hydrogen) atoms. The number of aryl methyl sites for hydroxylation is 2. The molecule has 2 aromatic rings. The number of rotatable bonds is 4. The lowest BCUT2D eigenvalue weighted by Crippen LogP contribution is -2.23. The van der Waals surface area contributed by atoms with Crippen molar-refractivity contribution < 1.29 is 0 Å². The molecule has 0 spiro atoms. The molecule has 0 saturated heterocycles. The lowest BCUT2D eigenvalue weighted by molar-refractivity contribution is 0.260. The van der Waals surface area contributed by atoms with Gasteiger partial charge in [0.25, 0.3) is 0 Å². The maximum atomic E-state index is 6.20. The van der Waals surface area contributed by atoms with Crippen LogP contribution < -0.4 is 0 Å². The largest absolute Gasteiger partial charge is 0.308 e. The fourth-order valence-electron chi connectivity index (χ4n) is 3.86. The van der Waals surface area contributed by atoms with E-state index in [-0.39, 0.29) is 0 Å². The molecule has 0 N–H and O–H groups in total. The van der Waals surface area contributed by atoms with E-state index in [1.165, 1.54) is 19.3 Å². The summed E-state index contributed by atoms with van der Waals surface area (Å²) in [4.78, 5) is 4.83. The van der Waals surface area contributed by atoms with Crippen LogP contribution in [0.3, 0.4) is 0 Å². The van der Waals surface area contributed by atoms with Crippen molar-refractivity contribution in [2.75, 3.05) is 0 Å². The molecule has 1 aliphatic rings. The van der Waals surface area contributed by atoms with Crippen molar-refractivity contribution in [1.29, 1.82) is 0 Å². The highest BCUT2D eigenvalue weighted by Crippen LogP contribution is 2.47. The van der Waals surface area contributed by atoms with Gasteiger partial charge < -0.3 is 4.57 Å². The smallest absolute Gasteiger partial charge is 0.158 e. The molecule has 4 nitrogen and oxygen atoms in total. The monoisotopic (exact) mass is 308 g/mol. The normalized spacial score (nSPS) is 21.5. The van der Waals surface area contributed by atoms with E-state index in [9.17, 15) is 0 Å². The predicted octanol–water partition coefficient (Wildman–Crippen LogP) is 4.21. The molecule has 0 amide bonds. The molecule has 116 valence electrons. The Morgan fingerprint density at radius 3 is 2.71 bits per heavy atom. The van der Waals surface area contributed by atoms with Crippen molar-refractivity contribution in [2.45, 2.75) is 64.8 Å². The first-order valence-electron chi connectivity index (χ1n) is 7.98. The molecule has 1 atom stereocenters. The highest BCUT2D eigenvalue weighted by atomic mass is 35.5. The molecular formula is C16H25ClN4. The van der Waals surface area contributed by atoms with Gasteiger partial charge in [-0.15, -0.1) is 11.6 Å². The van der Waals surface area contributed by atoms with Crippen LogP contribution in [0.15, 0.2) is 0 Å². The Bertz CT molecular complexity index is 653. The van der Waals surface area contributed by atoms with Crippen molar-refractivity contribution >= 4 is 22.8 Å². The molecule has 1 saturated carbocycles. The van der Waals surface area contributed by atoms with Gasteiger partial charge in [-0.05, 0) is 24.7 Å². The molecule has 0 bridgehead atoms. The van der Waals surface area contributed by atoms with Crippen molar-refractivity contribution in [3.05, 3.63) is 11.5 Å². The zero-order valence-corrected chi connectivity index (χ0v) is 14.2. The minimum atomic E-state index is 0.295. The van der Waals surface area contributed by atoms with Gasteiger partial charge in [0.15, 0.2) is 5.65 Å². The summed E-state index contributed by atoms with van der Waals surface area (Å²) in [6, 6.07) is 0.473. The van der Waals surface area contributed by atoms with Crippen molar-refractivity contribution in [3.63, 3.8) is 0 Å². The molecule has 3 rings (SSSR count). The standard InChI is InChI=1S/C16H25ClN4/c1-5-7-11-14-15(20(4)19-11)21(13(10-17)18-14)12-8-6-9-16(12,2)3/h12H,5-10H2,1-4H3. The number of hydrogen-bond donors (Lipinski definition) is 0. The highest BCUT2D eigenvalue weighted by molar-refractivity contribution is 6.16. The number of aromatic nitrogens is 4. The third-order valence-corrected chi connectivity index (χ3v) is 5.17. The van der Waals surface area contributed by atoms with Gasteiger partial charge in [0.2, 0.25) is 0 Å². The van der Waals surface area contributed by atoms with Crippen molar-refractivity contribution in [3.8, 4) is 0 Å². The number of hydrogen-bond acceptors (Lipinski definition) is 2. The second kappa shape index (κ2) is 5.31. The first-order chi connectivity index (χ1) is 9.99. The third-order valence-electron chi connectivity index (χ3n) is 4.93. The van der Waals surface area contributed by atoms with Crippen LogP contribution >= 0.6 is 11.6 Å². The molecule has 0 radical (unpaired) electrons. The van der Waals surface area contributed by atoms with Gasteiger partial charge in [0.05, 0.1) is 11.6 Å². The Morgan fingerprint density at radius 2 is 2.14 bits per heavy atom. The predicted molar refractivity (Wildman–Crippen MR) is 86.7 cm³/mol. The van der Waals surface area contributed by atoms with E-state index >= 15 is 0 Å². The number of fused-ring (bicyclic) bond motifs is 1. The maximum Gasteiger partial charge on any atom is 0.158 e. The molecule has 2 heterocycles. The van der Waals surface area contributed by atoms with Gasteiger partial charge in [-0.2, -0.15) is 5.10 Å². The fourth-order valence-corrected chi connectivity index (χ4v) is 4.05. The van der Waals surface area contributed by atoms with Crippen LogP contribution in [0, 0.1) is 5.41 Å². The Labute approximate surface area is 131 Å². The molecule has 1 aliphatic carbocycles. The second-order valence-corrected chi connectivity index (χ2v) is 7.19. The van der Waals surface area contributed by atoms with E-state index < -0.39 is 0 Å². The first-order valence-corrected chi connectivity index (χ1v) is 8.51. The summed E-state index contributed by atoms with van der Waals surface area (Å²) in [5.41, 5.74) is 3.60. The minimum Gasteiger partial charge on any atom is -0.308 e. The molecule has 1 fully saturated rings. The van der Waals surface area contributed by atoms with Crippen LogP contribution in [-0.2, 0) is 19.3 Å². The average molecular weight is 309 g/mol. The number of halogens is 1. The molecular weight excluding hydrogens is 284 g/mol. The molecule has 5 heteroatoms. The van der Waals surface area contributed by atoms with E-state index in [1.54, 1.807) is 0 Å². The zero-order chi connectivity index (χ0) is 15.2. The van der Waals surface area contributed by atoms with Gasteiger partial charge in [0.1, 0.15) is 11.3 Å². The SMILES string of the molecule is CCCc1nn(C)c2c1nc(CCl)n2C1CCCC1(C)C. The second-order valence-electron chi connectivity index (χ2n) is 6.92. The molecule has 2 aromatic heterocycles. The van der Waals surface area contributed by atoms with Crippen molar-refractivity contribution in [1.82, 2.24) is 19.3 Å². The summed E-state index contributed by atoms with van der Waals surface area (Å²) in [5.74, 6) is 1.46. The van der Waals surface area contributed by atoms with Crippen molar-refractivity contribution in [2.24, 2.45) is 12.5 Å². The van der Waals surface area contributed by atoms with Crippen LogP contribution in [0.5, 0.6) is 0 Å². The average Bonchev–Trinajstić information content (AvgIpc) is 3.04. The summed E-state index contributed by atoms with van der Waals surface area (Å²) in [6.45, 7) is 6.90. The van der Waals surface area contributed by atoms with Crippen LogP contribution in [-0.4, -0.2) is 19.3 Å². The summed E-state index contributed by atoms with van der Waals surface area (Å²) in [5, 5.41) is 4.68. The van der Waals surface area contributed by atoms with Gasteiger partial charge in [-0.1, -0.05) is 33.6 Å². The fraction of sp³-hybridized carbons (Fsp3) is 0.750. The zero-order valence-electron chi connectivity index (χ0n) is 13.5. The number of alkyl halides is 1. The minimum absolute atomic E-state index is 0.295. The Morgan fingerprint density at radius 1 is 1.38 bits per heavy atom. The van der Waals surface area contributed by atoms with Crippen LogP contribution in [0.25, 0.3) is 11.2 Å². The third kappa shape index (κ3) is 2.28. The van der Waals surface area contributed by atoms with E-state index in [1.807, 2.05) is 11.7 Å². The number of imidazole rings is 1. The highest BCUT2D eigenvalue weighted by Gasteiger charge is 2.38. The van der Waals surface area contributed by atoms with E-state index in [0.29, 0.717) is 17.3 Å². The van der Waals surface area contributed by atoms with E-state index in [2.05, 4.69) is 30.4 Å². The van der Waals surface area contributed by atoms with E-state index in [4.69, 9.17) is 16.6 Å². The van der Waals surface area contributed by atoms with Crippen LogP contribution in [0.4, 0.5) is 0 Å². The van der Waals surface area contributed by atoms with Gasteiger partial charge in [-0.25, -0.2) is 4.98 Å². The number of nitrogens with zero attached hydrogens (tertiary/aromatic N) is 4. The van der Waals surface area contributed by atoms with Gasteiger partial charge in [0, 0.05) is 13.1 Å². The topological polar surface area (TPSA) is 35.6 Å². The molecule has 0 aliphatic heterocycles. The van der Waals surface area contributed by atoms with Gasteiger partial charge in [-0.3, -0.25) is 4.68 Å². The Hall–Kier alpha value is -1.03. The molecule has 1 unspecified atom stereocenters. The van der Waals surface area contributed by atoms with Crippen LogP contribution in [0.2, 0.25) is 0 Å².